The van der Waals surface area contributed by atoms with Crippen LogP contribution >= 0.6 is 0 Å². The summed E-state index contributed by atoms with van der Waals surface area (Å²) >= 11 is 0. The van der Waals surface area contributed by atoms with E-state index in [1.165, 1.54) is 19.8 Å². The number of carbonyl (C=O) groups excluding carboxylic acids is 1. The largest absolute Gasteiger partial charge is 0.493 e. The van der Waals surface area contributed by atoms with Crippen molar-refractivity contribution in [3.05, 3.63) is 54.1 Å². The van der Waals surface area contributed by atoms with Gasteiger partial charge in [-0.1, -0.05) is 12.1 Å². The Bertz CT molecular complexity index is 864. The molecule has 0 aromatic heterocycles. The van der Waals surface area contributed by atoms with Crippen molar-refractivity contribution in [2.45, 2.75) is 44.9 Å². The van der Waals surface area contributed by atoms with E-state index in [2.05, 4.69) is 22.3 Å². The second-order valence-electron chi connectivity index (χ2n) is 8.57. The van der Waals surface area contributed by atoms with Gasteiger partial charge >= 0.3 is 0 Å². The topological polar surface area (TPSA) is 60.0 Å². The highest BCUT2D eigenvalue weighted by Gasteiger charge is 2.35. The average molecular weight is 425 g/mol. The Labute approximate surface area is 184 Å². The molecule has 1 N–H and O–H groups in total. The van der Waals surface area contributed by atoms with Crippen LogP contribution in [0.1, 0.15) is 38.3 Å². The highest BCUT2D eigenvalue weighted by Crippen LogP contribution is 2.31. The van der Waals surface area contributed by atoms with E-state index in [1.54, 1.807) is 7.11 Å². The Morgan fingerprint density at radius 1 is 1.03 bits per heavy atom. The maximum absolute atomic E-state index is 11.3. The number of ether oxygens (including phenoxy) is 3. The molecule has 1 aliphatic heterocycles. The predicted molar refractivity (Wildman–Crippen MR) is 121 cm³/mol. The first-order chi connectivity index (χ1) is 15.0. The second-order valence-corrected chi connectivity index (χ2v) is 8.57. The molecule has 0 bridgehead atoms. The summed E-state index contributed by atoms with van der Waals surface area (Å²) < 4.78 is 17.8. The number of anilines is 1. The fraction of sp³-hybridized carbons (Fsp3) is 0.480. The van der Waals surface area contributed by atoms with Gasteiger partial charge in [-0.3, -0.25) is 4.79 Å². The van der Waals surface area contributed by atoms with Crippen molar-refractivity contribution in [3.8, 4) is 11.5 Å². The summed E-state index contributed by atoms with van der Waals surface area (Å²) in [5, 5.41) is 2.90. The van der Waals surface area contributed by atoms with Crippen molar-refractivity contribution < 1.29 is 19.0 Å². The lowest BCUT2D eigenvalue weighted by molar-refractivity contribution is -0.119. The van der Waals surface area contributed by atoms with Crippen LogP contribution in [0.25, 0.3) is 0 Å². The number of methoxy groups -OCH3 is 1. The molecule has 1 saturated heterocycles. The fourth-order valence-corrected chi connectivity index (χ4v) is 3.94. The highest BCUT2D eigenvalue weighted by atomic mass is 16.5. The number of amides is 1. The molecule has 1 heterocycles. The minimum absolute atomic E-state index is 0.0104. The SMILES string of the molecule is CO[C@@H]1CN(c2ccc(OCC3CC3)cc2)CC1Oc1ccc([C@H](C)NC(C)=O)cc1. The van der Waals surface area contributed by atoms with Crippen LogP contribution in [0.4, 0.5) is 5.69 Å². The van der Waals surface area contributed by atoms with Gasteiger partial charge in [-0.15, -0.1) is 0 Å². The van der Waals surface area contributed by atoms with Gasteiger partial charge in [-0.2, -0.15) is 0 Å². The fourth-order valence-electron chi connectivity index (χ4n) is 3.94. The lowest BCUT2D eigenvalue weighted by Crippen LogP contribution is -2.31. The van der Waals surface area contributed by atoms with Crippen LogP contribution < -0.4 is 19.7 Å². The third-order valence-corrected chi connectivity index (χ3v) is 5.99. The summed E-state index contributed by atoms with van der Waals surface area (Å²) in [6.45, 7) is 5.85. The van der Waals surface area contributed by atoms with Crippen LogP contribution in [0.3, 0.4) is 0 Å². The molecular weight excluding hydrogens is 392 g/mol. The zero-order chi connectivity index (χ0) is 21.8. The molecule has 2 aromatic carbocycles. The number of nitrogens with zero attached hydrogens (tertiary/aromatic N) is 1. The Morgan fingerprint density at radius 2 is 1.68 bits per heavy atom. The van der Waals surface area contributed by atoms with E-state index in [-0.39, 0.29) is 24.2 Å². The second kappa shape index (κ2) is 9.60. The zero-order valence-electron chi connectivity index (χ0n) is 18.5. The maximum Gasteiger partial charge on any atom is 0.217 e. The zero-order valence-corrected chi connectivity index (χ0v) is 18.5. The number of hydrogen-bond acceptors (Lipinski definition) is 5. The molecule has 1 amide bonds. The van der Waals surface area contributed by atoms with Crippen LogP contribution in [0.15, 0.2) is 48.5 Å². The molecule has 1 saturated carbocycles. The molecule has 2 aromatic rings. The van der Waals surface area contributed by atoms with Crippen molar-refractivity contribution in [2.75, 3.05) is 31.7 Å². The summed E-state index contributed by atoms with van der Waals surface area (Å²) in [5.41, 5.74) is 2.19. The lowest BCUT2D eigenvalue weighted by atomic mass is 10.1. The van der Waals surface area contributed by atoms with Gasteiger partial charge in [0.2, 0.25) is 5.91 Å². The molecule has 4 rings (SSSR count). The van der Waals surface area contributed by atoms with Gasteiger partial charge in [-0.25, -0.2) is 0 Å². The monoisotopic (exact) mass is 424 g/mol. The summed E-state index contributed by atoms with van der Waals surface area (Å²) in [6, 6.07) is 16.2. The lowest BCUT2D eigenvalue weighted by Gasteiger charge is -2.20. The first kappa shape index (κ1) is 21.5. The quantitative estimate of drug-likeness (QED) is 0.660. The number of carbonyl (C=O) groups is 1. The third-order valence-electron chi connectivity index (χ3n) is 5.99. The van der Waals surface area contributed by atoms with Crippen LogP contribution in [0, 0.1) is 5.92 Å². The van der Waals surface area contributed by atoms with E-state index in [4.69, 9.17) is 14.2 Å². The summed E-state index contributed by atoms with van der Waals surface area (Å²) in [5.74, 6) is 2.45. The van der Waals surface area contributed by atoms with E-state index in [0.29, 0.717) is 0 Å². The molecule has 3 atom stereocenters. The van der Waals surface area contributed by atoms with Crippen molar-refractivity contribution in [3.63, 3.8) is 0 Å². The average Bonchev–Trinajstić information content (AvgIpc) is 3.51. The third kappa shape index (κ3) is 5.70. The molecule has 0 spiro atoms. The first-order valence-electron chi connectivity index (χ1n) is 11.1. The minimum atomic E-state index is -0.0607. The minimum Gasteiger partial charge on any atom is -0.493 e. The van der Waals surface area contributed by atoms with Crippen molar-refractivity contribution in [1.82, 2.24) is 5.32 Å². The van der Waals surface area contributed by atoms with E-state index in [9.17, 15) is 4.79 Å². The molecular formula is C25H32N2O4. The van der Waals surface area contributed by atoms with E-state index in [1.807, 2.05) is 43.3 Å². The van der Waals surface area contributed by atoms with E-state index in [0.717, 1.165) is 48.4 Å². The molecule has 6 heteroatoms. The molecule has 1 unspecified atom stereocenters. The van der Waals surface area contributed by atoms with Gasteiger partial charge in [0.05, 0.1) is 19.2 Å². The number of nitrogens with one attached hydrogen (secondary N) is 1. The molecule has 0 radical (unpaired) electrons. The van der Waals surface area contributed by atoms with Gasteiger partial charge in [0.25, 0.3) is 0 Å². The Morgan fingerprint density at radius 3 is 2.29 bits per heavy atom. The van der Waals surface area contributed by atoms with Crippen LogP contribution in [-0.4, -0.2) is 44.9 Å². The Kier molecular flexibility index (Phi) is 6.66. The van der Waals surface area contributed by atoms with Crippen LogP contribution in [0.2, 0.25) is 0 Å². The number of rotatable bonds is 9. The van der Waals surface area contributed by atoms with Gasteiger partial charge < -0.3 is 24.4 Å². The Hall–Kier alpha value is -2.73. The predicted octanol–water partition coefficient (Wildman–Crippen LogP) is 3.96. The first-order valence-corrected chi connectivity index (χ1v) is 11.1. The van der Waals surface area contributed by atoms with Crippen LogP contribution in [-0.2, 0) is 9.53 Å². The van der Waals surface area contributed by atoms with E-state index >= 15 is 0 Å². The molecule has 6 nitrogen and oxygen atoms in total. The Balaban J connectivity index is 1.35. The van der Waals surface area contributed by atoms with Crippen molar-refractivity contribution in [1.29, 1.82) is 0 Å². The highest BCUT2D eigenvalue weighted by molar-refractivity contribution is 5.73. The summed E-state index contributed by atoms with van der Waals surface area (Å²) in [6.07, 6.45) is 2.52. The van der Waals surface area contributed by atoms with E-state index < -0.39 is 0 Å². The summed E-state index contributed by atoms with van der Waals surface area (Å²) in [7, 11) is 1.73. The molecule has 166 valence electrons. The standard InChI is InChI=1S/C25H32N2O4/c1-17(26-18(2)28)20-6-10-23(11-7-20)31-25-15-27(14-24(25)29-3)21-8-12-22(13-9-21)30-16-19-4-5-19/h6-13,17,19,24-25H,4-5,14-16H2,1-3H3,(H,26,28)/t17-,24+,25?/m0/s1. The normalized spacial score (nSPS) is 21.6. The van der Waals surface area contributed by atoms with Crippen molar-refractivity contribution in [2.24, 2.45) is 5.92 Å². The van der Waals surface area contributed by atoms with Gasteiger partial charge in [0, 0.05) is 26.3 Å². The van der Waals surface area contributed by atoms with Gasteiger partial charge in [0.1, 0.15) is 23.7 Å². The van der Waals surface area contributed by atoms with Gasteiger partial charge in [-0.05, 0) is 67.6 Å². The van der Waals surface area contributed by atoms with Gasteiger partial charge in [0.15, 0.2) is 0 Å². The maximum atomic E-state index is 11.3. The molecule has 2 fully saturated rings. The molecule has 31 heavy (non-hydrogen) atoms. The number of benzene rings is 2. The smallest absolute Gasteiger partial charge is 0.217 e. The van der Waals surface area contributed by atoms with Crippen molar-refractivity contribution >= 4 is 11.6 Å². The number of hydrogen-bond donors (Lipinski definition) is 1. The summed E-state index contributed by atoms with van der Waals surface area (Å²) in [4.78, 5) is 13.5. The molecule has 2 aliphatic rings. The molecule has 1 aliphatic carbocycles. The van der Waals surface area contributed by atoms with Crippen LogP contribution in [0.5, 0.6) is 11.5 Å².